The highest BCUT2D eigenvalue weighted by Crippen LogP contribution is 2.34. The maximum atomic E-state index is 12.6. The number of esters is 2. The molecule has 0 saturated carbocycles. The molecule has 10 heteroatoms. The number of aryl methyl sites for hydroxylation is 1. The van der Waals surface area contributed by atoms with Crippen LogP contribution in [0.1, 0.15) is 70.2 Å². The predicted molar refractivity (Wildman–Crippen MR) is 228 cm³/mol. The molecule has 6 rings (SSSR count). The molecule has 1 amide bonds. The van der Waals surface area contributed by atoms with Crippen LogP contribution in [0.2, 0.25) is 0 Å². The van der Waals surface area contributed by atoms with Crippen LogP contribution in [0.5, 0.6) is 0 Å². The number of nitrogens with zero attached hydrogens (tertiary/aromatic N) is 1. The Morgan fingerprint density at radius 3 is 1.95 bits per heavy atom. The van der Waals surface area contributed by atoms with Gasteiger partial charge >= 0.3 is 11.9 Å². The first-order valence-electron chi connectivity index (χ1n) is 19.4. The standard InChI is InChI=1S/C48H50N4O6/c1-47(2,3)56-42(54)29-19-34-16-22-38(23-17-34)45-50-43(36-20-14-33(15-21-36)18-28-41(53)49-30-10-13-32-11-8-7-9-12-32)44(51-45)37-26-24-35(25-27-37)39-31-40(58-52-39)46(55)57-48(4,5)6/h7-9,11-12,14-29,31,40,52H,10,13,30H2,1-6H3,(H,49,53)(H,50,51). The van der Waals surface area contributed by atoms with Crippen LogP contribution in [0.15, 0.2) is 121 Å². The smallest absolute Gasteiger partial charge is 0.342 e. The molecular formula is C48H50N4O6. The third-order valence-corrected chi connectivity index (χ3v) is 8.84. The number of hydrogen-bond donors (Lipinski definition) is 3. The summed E-state index contributed by atoms with van der Waals surface area (Å²) in [6.07, 6.45) is 9.13. The van der Waals surface area contributed by atoms with Crippen molar-refractivity contribution in [1.29, 1.82) is 0 Å². The Hall–Kier alpha value is -6.52. The number of carbonyl (C=O) groups excluding carboxylic acids is 3. The molecule has 1 atom stereocenters. The summed E-state index contributed by atoms with van der Waals surface area (Å²) in [5, 5.41) is 2.97. The number of ether oxygens (including phenoxy) is 2. The van der Waals surface area contributed by atoms with Gasteiger partial charge in [-0.15, -0.1) is 0 Å². The SMILES string of the molecule is CC(C)(C)OC(=O)C=Cc1ccc(-c2nc(-c3ccc(C=CC(=O)NCCCc4ccccc4)cc3)c(-c3ccc(C4=CC(C(=O)OC(C)(C)C)ON4)cc3)[nH]2)cc1. The molecule has 5 aromatic rings. The summed E-state index contributed by atoms with van der Waals surface area (Å²) in [6.45, 7) is 11.5. The molecule has 298 valence electrons. The second kappa shape index (κ2) is 18.2. The first-order valence-corrected chi connectivity index (χ1v) is 19.4. The van der Waals surface area contributed by atoms with E-state index in [0.29, 0.717) is 18.1 Å². The van der Waals surface area contributed by atoms with Gasteiger partial charge in [0.2, 0.25) is 12.0 Å². The Kier molecular flexibility index (Phi) is 12.9. The summed E-state index contributed by atoms with van der Waals surface area (Å²) in [7, 11) is 0. The lowest BCUT2D eigenvalue weighted by Gasteiger charge is -2.20. The monoisotopic (exact) mass is 778 g/mol. The third kappa shape index (κ3) is 11.8. The number of aromatic amines is 1. The number of imidazole rings is 1. The van der Waals surface area contributed by atoms with E-state index in [-0.39, 0.29) is 5.91 Å². The molecule has 0 aliphatic carbocycles. The lowest BCUT2D eigenvalue weighted by molar-refractivity contribution is -0.166. The molecule has 1 aliphatic rings. The molecule has 0 bridgehead atoms. The number of hydroxylamine groups is 1. The zero-order chi connectivity index (χ0) is 41.3. The van der Waals surface area contributed by atoms with E-state index >= 15 is 0 Å². The van der Waals surface area contributed by atoms with E-state index in [2.05, 4.69) is 27.9 Å². The zero-order valence-corrected chi connectivity index (χ0v) is 33.8. The van der Waals surface area contributed by atoms with Crippen LogP contribution in [-0.2, 0) is 35.1 Å². The number of carbonyl (C=O) groups is 3. The van der Waals surface area contributed by atoms with Gasteiger partial charge in [-0.05, 0) is 94.9 Å². The van der Waals surface area contributed by atoms with Crippen molar-refractivity contribution in [3.63, 3.8) is 0 Å². The highest BCUT2D eigenvalue weighted by Gasteiger charge is 2.29. The maximum Gasteiger partial charge on any atom is 0.342 e. The highest BCUT2D eigenvalue weighted by molar-refractivity contribution is 5.92. The number of aromatic nitrogens is 2. The number of nitrogens with one attached hydrogen (secondary N) is 3. The van der Waals surface area contributed by atoms with Gasteiger partial charge in [0.1, 0.15) is 17.0 Å². The van der Waals surface area contributed by atoms with E-state index in [1.54, 1.807) is 24.3 Å². The minimum Gasteiger partial charge on any atom is -0.458 e. The van der Waals surface area contributed by atoms with E-state index < -0.39 is 29.2 Å². The van der Waals surface area contributed by atoms with E-state index in [0.717, 1.165) is 57.6 Å². The van der Waals surface area contributed by atoms with Gasteiger partial charge in [0.25, 0.3) is 0 Å². The molecule has 10 nitrogen and oxygen atoms in total. The number of benzene rings is 4. The summed E-state index contributed by atoms with van der Waals surface area (Å²) in [5.41, 5.74) is 10.3. The number of amides is 1. The minimum atomic E-state index is -0.855. The van der Waals surface area contributed by atoms with Crippen LogP contribution in [0.25, 0.3) is 51.8 Å². The van der Waals surface area contributed by atoms with Gasteiger partial charge in [-0.25, -0.2) is 14.6 Å². The molecule has 58 heavy (non-hydrogen) atoms. The van der Waals surface area contributed by atoms with Crippen LogP contribution in [0, 0.1) is 0 Å². The van der Waals surface area contributed by atoms with Gasteiger partial charge in [0, 0.05) is 35.4 Å². The van der Waals surface area contributed by atoms with Crippen molar-refractivity contribution >= 4 is 35.7 Å². The Bertz CT molecular complexity index is 2290. The molecule has 2 heterocycles. The van der Waals surface area contributed by atoms with Gasteiger partial charge in [-0.3, -0.25) is 15.1 Å². The summed E-state index contributed by atoms with van der Waals surface area (Å²) < 4.78 is 10.9. The quantitative estimate of drug-likeness (QED) is 0.0613. The van der Waals surface area contributed by atoms with Crippen molar-refractivity contribution in [2.24, 2.45) is 0 Å². The molecule has 1 aliphatic heterocycles. The topological polar surface area (TPSA) is 132 Å². The summed E-state index contributed by atoms with van der Waals surface area (Å²) in [5.74, 6) is -0.342. The Balaban J connectivity index is 1.21. The fourth-order valence-corrected chi connectivity index (χ4v) is 6.11. The van der Waals surface area contributed by atoms with Crippen LogP contribution in [-0.4, -0.2) is 51.7 Å². The molecular weight excluding hydrogens is 729 g/mol. The largest absolute Gasteiger partial charge is 0.458 e. The highest BCUT2D eigenvalue weighted by atomic mass is 16.7. The van der Waals surface area contributed by atoms with Crippen molar-refractivity contribution in [3.8, 4) is 33.9 Å². The van der Waals surface area contributed by atoms with E-state index in [1.807, 2.05) is 133 Å². The number of rotatable bonds is 13. The normalized spacial score (nSPS) is 14.3. The lowest BCUT2D eigenvalue weighted by Crippen LogP contribution is -2.32. The average molecular weight is 779 g/mol. The van der Waals surface area contributed by atoms with Crippen molar-refractivity contribution in [2.45, 2.75) is 71.7 Å². The van der Waals surface area contributed by atoms with Crippen molar-refractivity contribution < 1.29 is 28.7 Å². The number of hydrogen-bond acceptors (Lipinski definition) is 8. The van der Waals surface area contributed by atoms with Gasteiger partial charge in [-0.2, -0.15) is 0 Å². The van der Waals surface area contributed by atoms with Crippen LogP contribution in [0.4, 0.5) is 0 Å². The zero-order valence-electron chi connectivity index (χ0n) is 33.8. The second-order valence-electron chi connectivity index (χ2n) is 16.0. The first-order chi connectivity index (χ1) is 27.7. The van der Waals surface area contributed by atoms with Gasteiger partial charge < -0.3 is 19.8 Å². The Labute approximate surface area is 340 Å². The van der Waals surface area contributed by atoms with Crippen molar-refractivity contribution in [3.05, 3.63) is 144 Å². The molecule has 3 N–H and O–H groups in total. The molecule has 0 spiro atoms. The molecule has 1 aromatic heterocycles. The summed E-state index contributed by atoms with van der Waals surface area (Å²) in [4.78, 5) is 51.5. The van der Waals surface area contributed by atoms with E-state index in [9.17, 15) is 14.4 Å². The predicted octanol–water partition coefficient (Wildman–Crippen LogP) is 9.11. The third-order valence-electron chi connectivity index (χ3n) is 8.84. The average Bonchev–Trinajstić information content (AvgIpc) is 3.87. The molecule has 0 fully saturated rings. The van der Waals surface area contributed by atoms with Crippen LogP contribution in [0.3, 0.4) is 0 Å². The van der Waals surface area contributed by atoms with Gasteiger partial charge in [0.15, 0.2) is 0 Å². The van der Waals surface area contributed by atoms with Gasteiger partial charge in [-0.1, -0.05) is 103 Å². The van der Waals surface area contributed by atoms with Gasteiger partial charge in [0.05, 0.1) is 17.1 Å². The number of H-pyrrole nitrogens is 1. The summed E-state index contributed by atoms with van der Waals surface area (Å²) in [6, 6.07) is 33.7. The molecule has 0 radical (unpaired) electrons. The van der Waals surface area contributed by atoms with Crippen LogP contribution >= 0.6 is 0 Å². The van der Waals surface area contributed by atoms with Crippen LogP contribution < -0.4 is 10.8 Å². The maximum absolute atomic E-state index is 12.6. The van der Waals surface area contributed by atoms with Crippen molar-refractivity contribution in [1.82, 2.24) is 20.8 Å². The fraction of sp³-hybridized carbons (Fsp3) is 0.250. The lowest BCUT2D eigenvalue weighted by atomic mass is 10.0. The van der Waals surface area contributed by atoms with E-state index in [1.165, 1.54) is 11.6 Å². The van der Waals surface area contributed by atoms with E-state index in [4.69, 9.17) is 19.3 Å². The first kappa shape index (κ1) is 41.1. The fourth-order valence-electron chi connectivity index (χ4n) is 6.11. The molecule has 4 aromatic carbocycles. The minimum absolute atomic E-state index is 0.137. The Morgan fingerprint density at radius 1 is 0.724 bits per heavy atom. The second-order valence-corrected chi connectivity index (χ2v) is 16.0. The molecule has 1 unspecified atom stereocenters. The molecule has 0 saturated heterocycles. The Morgan fingerprint density at radius 2 is 1.31 bits per heavy atom. The summed E-state index contributed by atoms with van der Waals surface area (Å²) >= 11 is 0. The van der Waals surface area contributed by atoms with Crippen molar-refractivity contribution in [2.75, 3.05) is 6.54 Å².